The Kier molecular flexibility index (Phi) is 16.6. The van der Waals surface area contributed by atoms with Crippen molar-refractivity contribution in [2.24, 2.45) is 0 Å². The molecular formula is C7H11Cl2Ti. The molecule has 0 radical (unpaired) electrons. The first kappa shape index (κ1) is 13.4. The van der Waals surface area contributed by atoms with E-state index in [0.717, 1.165) is 0 Å². The van der Waals surface area contributed by atoms with Gasteiger partial charge < -0.3 is 0 Å². The van der Waals surface area contributed by atoms with Crippen molar-refractivity contribution in [1.29, 1.82) is 0 Å². The van der Waals surface area contributed by atoms with Gasteiger partial charge in [0.1, 0.15) is 0 Å². The molecule has 57 valence electrons. The van der Waals surface area contributed by atoms with Gasteiger partial charge in [-0.25, -0.2) is 0 Å². The first-order chi connectivity index (χ1) is 4.89. The number of hydrogen-bond acceptors (Lipinski definition) is 0. The topological polar surface area (TPSA) is 0 Å². The monoisotopic (exact) mass is 213 g/mol. The zero-order valence-electron chi connectivity index (χ0n) is 6.20. The van der Waals surface area contributed by atoms with E-state index in [1.165, 1.54) is 23.1 Å². The minimum absolute atomic E-state index is 1.17. The van der Waals surface area contributed by atoms with Crippen LogP contribution in [0.3, 0.4) is 0 Å². The minimum atomic E-state index is 1.17. The van der Waals surface area contributed by atoms with Crippen LogP contribution in [0, 0.1) is 0 Å². The van der Waals surface area contributed by atoms with Crippen molar-refractivity contribution < 1.29 is 20.4 Å². The van der Waals surface area contributed by atoms with E-state index in [1.807, 2.05) is 0 Å². The molecule has 10 heavy (non-hydrogen) atoms. The fraction of sp³-hybridized carbons (Fsp3) is 0.429. The summed E-state index contributed by atoms with van der Waals surface area (Å²) >= 11 is 11.4. The van der Waals surface area contributed by atoms with Gasteiger partial charge in [-0.2, -0.15) is 0 Å². The number of halogens is 2. The van der Waals surface area contributed by atoms with E-state index >= 15 is 0 Å². The van der Waals surface area contributed by atoms with Crippen molar-refractivity contribution in [1.82, 2.24) is 0 Å². The predicted octanol–water partition coefficient (Wildman–Crippen LogP) is 3.09. The van der Waals surface area contributed by atoms with E-state index in [-0.39, 0.29) is 0 Å². The first-order valence-electron chi connectivity index (χ1n) is 2.72. The average molecular weight is 214 g/mol. The van der Waals surface area contributed by atoms with Crippen molar-refractivity contribution >= 4 is 23.2 Å². The Morgan fingerprint density at radius 1 is 1.30 bits per heavy atom. The maximum absolute atomic E-state index is 4.64. The maximum atomic E-state index is 4.64. The Morgan fingerprint density at radius 3 is 1.90 bits per heavy atom. The summed E-state index contributed by atoms with van der Waals surface area (Å²) in [6.07, 6.45) is 10.5. The van der Waals surface area contributed by atoms with E-state index in [2.05, 4.69) is 61.9 Å². The molecule has 0 heterocycles. The normalized spacial score (nSPS) is 12.1. The standard InChI is InChI=1S/C5H5.2CH3Cl.Ti/c1-2-4-5-3-1;2*1-2;/h1-3H,4H2;2*1H3;. The molecule has 3 heteroatoms. The zero-order chi connectivity index (χ0) is 8.41. The molecule has 0 bridgehead atoms. The second kappa shape index (κ2) is 12.5. The molecule has 0 saturated carbocycles. The fourth-order valence-corrected chi connectivity index (χ4v) is 0.782. The molecule has 1 aliphatic rings. The van der Waals surface area contributed by atoms with Gasteiger partial charge in [-0.1, -0.05) is 0 Å². The third-order valence-corrected chi connectivity index (χ3v) is 1.35. The van der Waals surface area contributed by atoms with E-state index in [0.29, 0.717) is 0 Å². The van der Waals surface area contributed by atoms with Crippen LogP contribution in [0.5, 0.6) is 0 Å². The van der Waals surface area contributed by atoms with Gasteiger partial charge in [0.15, 0.2) is 0 Å². The van der Waals surface area contributed by atoms with Crippen molar-refractivity contribution in [3.05, 3.63) is 22.1 Å². The Balaban J connectivity index is 0. The summed E-state index contributed by atoms with van der Waals surface area (Å²) in [5.41, 5.74) is 0. The second-order valence-corrected chi connectivity index (χ2v) is 2.33. The first-order valence-corrected chi connectivity index (χ1v) is 5.02. The summed E-state index contributed by atoms with van der Waals surface area (Å²) in [4.78, 5) is 0. The summed E-state index contributed by atoms with van der Waals surface area (Å²) in [5.74, 6) is 0. The molecule has 0 aliphatic heterocycles. The third kappa shape index (κ3) is 8.77. The second-order valence-electron chi connectivity index (χ2n) is 1.32. The van der Waals surface area contributed by atoms with Gasteiger partial charge in [0.05, 0.1) is 0 Å². The molecule has 0 atom stereocenters. The van der Waals surface area contributed by atoms with Gasteiger partial charge in [-0.3, -0.25) is 0 Å². The molecule has 1 rings (SSSR count). The third-order valence-electron chi connectivity index (χ3n) is 0.771. The van der Waals surface area contributed by atoms with Crippen molar-refractivity contribution in [2.45, 2.75) is 6.42 Å². The summed E-state index contributed by atoms with van der Waals surface area (Å²) in [5, 5.41) is 0. The van der Waals surface area contributed by atoms with E-state index in [1.54, 1.807) is 0 Å². The van der Waals surface area contributed by atoms with Crippen LogP contribution in [0.1, 0.15) is 6.42 Å². The molecule has 0 saturated heterocycles. The quantitative estimate of drug-likeness (QED) is 0.429. The summed E-state index contributed by atoms with van der Waals surface area (Å²) < 4.78 is 1.47. The predicted molar refractivity (Wildman–Crippen MR) is 45.4 cm³/mol. The molecule has 0 N–H and O–H groups in total. The molecule has 0 fully saturated rings. The summed E-state index contributed by atoms with van der Waals surface area (Å²) in [6, 6.07) is 0. The molecular weight excluding hydrogens is 203 g/mol. The van der Waals surface area contributed by atoms with Crippen LogP contribution in [0.25, 0.3) is 0 Å². The van der Waals surface area contributed by atoms with Gasteiger partial charge in [-0.05, 0) is 0 Å². The van der Waals surface area contributed by atoms with E-state index < -0.39 is 0 Å². The van der Waals surface area contributed by atoms with Crippen LogP contribution in [-0.4, -0.2) is 12.8 Å². The van der Waals surface area contributed by atoms with Crippen LogP contribution < -0.4 is 0 Å². The van der Waals surface area contributed by atoms with Crippen LogP contribution in [0.2, 0.25) is 0 Å². The van der Waals surface area contributed by atoms with Gasteiger partial charge >= 0.3 is 49.0 Å². The Morgan fingerprint density at radius 2 is 1.80 bits per heavy atom. The number of hydrogen-bond donors (Lipinski definition) is 0. The van der Waals surface area contributed by atoms with Gasteiger partial charge in [-0.15, -0.1) is 23.2 Å². The van der Waals surface area contributed by atoms with Crippen LogP contribution in [0.4, 0.5) is 0 Å². The molecule has 0 amide bonds. The van der Waals surface area contributed by atoms with Crippen molar-refractivity contribution in [3.63, 3.8) is 0 Å². The Bertz CT molecular complexity index is 108. The summed E-state index contributed by atoms with van der Waals surface area (Å²) in [6.45, 7) is 0. The van der Waals surface area contributed by atoms with Crippen molar-refractivity contribution in [3.8, 4) is 0 Å². The molecule has 0 spiro atoms. The van der Waals surface area contributed by atoms with E-state index in [4.69, 9.17) is 0 Å². The molecule has 0 unspecified atom stereocenters. The van der Waals surface area contributed by atoms with Crippen LogP contribution in [-0.2, 0) is 20.4 Å². The molecule has 0 aromatic carbocycles. The number of rotatable bonds is 0. The Hall–Kier alpha value is 0.774. The molecule has 1 aliphatic carbocycles. The van der Waals surface area contributed by atoms with Crippen LogP contribution in [0.15, 0.2) is 22.1 Å². The van der Waals surface area contributed by atoms with Gasteiger partial charge in [0.25, 0.3) is 0 Å². The average Bonchev–Trinajstić information content (AvgIpc) is 2.48. The van der Waals surface area contributed by atoms with E-state index in [9.17, 15) is 0 Å². The fourth-order valence-electron chi connectivity index (χ4n) is 0.447. The Labute approximate surface area is 84.7 Å². The van der Waals surface area contributed by atoms with Crippen molar-refractivity contribution in [2.75, 3.05) is 12.8 Å². The SMILES string of the molecule is CCl.CCl.[Ti][C]1=CC=CC1. The van der Waals surface area contributed by atoms with Gasteiger partial charge in [0.2, 0.25) is 0 Å². The molecule has 0 aromatic rings. The molecule has 0 aromatic heterocycles. The zero-order valence-corrected chi connectivity index (χ0v) is 9.27. The molecule has 0 nitrogen and oxygen atoms in total. The van der Waals surface area contributed by atoms with Crippen LogP contribution >= 0.6 is 23.2 Å². The van der Waals surface area contributed by atoms with Gasteiger partial charge in [0, 0.05) is 12.8 Å². The number of allylic oxidation sites excluding steroid dienone is 4. The summed E-state index contributed by atoms with van der Waals surface area (Å²) in [7, 11) is 0. The number of alkyl halides is 2.